The van der Waals surface area contributed by atoms with E-state index in [0.29, 0.717) is 18.5 Å². The number of aromatic nitrogens is 1. The van der Waals surface area contributed by atoms with Crippen LogP contribution < -0.4 is 15.2 Å². The maximum absolute atomic E-state index is 12.7. The van der Waals surface area contributed by atoms with Gasteiger partial charge in [0.05, 0.1) is 19.3 Å². The molecule has 138 valence electrons. The molecule has 1 fully saturated rings. The Morgan fingerprint density at radius 3 is 2.35 bits per heavy atom. The smallest absolute Gasteiger partial charge is 0.277 e. The first kappa shape index (κ1) is 18.4. The van der Waals surface area contributed by atoms with Gasteiger partial charge in [-0.25, -0.2) is 4.98 Å². The Hall–Kier alpha value is -2.40. The van der Waals surface area contributed by atoms with E-state index in [4.69, 9.17) is 0 Å². The maximum atomic E-state index is 12.7. The quantitative estimate of drug-likeness (QED) is 0.845. The minimum absolute atomic E-state index is 0.239. The molecule has 0 aliphatic carbocycles. The van der Waals surface area contributed by atoms with Crippen molar-refractivity contribution in [3.63, 3.8) is 0 Å². The molecular formula is C21H30N4O+2. The van der Waals surface area contributed by atoms with Gasteiger partial charge in [-0.05, 0) is 6.07 Å². The van der Waals surface area contributed by atoms with Crippen LogP contribution in [0.15, 0.2) is 54.7 Å². The first-order chi connectivity index (χ1) is 12.6. The number of quaternary nitrogens is 1. The molecule has 1 aliphatic rings. The summed E-state index contributed by atoms with van der Waals surface area (Å²) in [5, 5.41) is 2.19. The number of rotatable bonds is 6. The summed E-state index contributed by atoms with van der Waals surface area (Å²) in [6.07, 6.45) is 1.94. The molecule has 5 nitrogen and oxygen atoms in total. The minimum Gasteiger partial charge on any atom is -0.332 e. The standard InChI is InChI=1S/C21H28N4O/c1-17(2)21(18-8-4-3-5-9-18)23-16-20(26)25-14-12-24(13-15-25)19-10-6-7-11-22-19/h3-11,17,21,23H,12-16H2,1-2H3/p+2/t21-/m0/s1. The predicted octanol–water partition coefficient (Wildman–Crippen LogP) is 1.11. The topological polar surface area (TPSA) is 54.3 Å². The Kier molecular flexibility index (Phi) is 6.23. The number of nitrogens with two attached hydrogens (primary N) is 1. The van der Waals surface area contributed by atoms with E-state index in [1.807, 2.05) is 29.3 Å². The SMILES string of the molecule is CC(C)[C@H]([NH2+]CC(=O)N1CCN(c2cccc[nH+]2)CC1)c1ccccc1. The van der Waals surface area contributed by atoms with E-state index < -0.39 is 0 Å². The van der Waals surface area contributed by atoms with Gasteiger partial charge in [-0.15, -0.1) is 0 Å². The van der Waals surface area contributed by atoms with Gasteiger partial charge in [0, 0.05) is 17.5 Å². The molecular weight excluding hydrogens is 324 g/mol. The van der Waals surface area contributed by atoms with E-state index in [9.17, 15) is 4.79 Å². The van der Waals surface area contributed by atoms with Crippen LogP contribution in [0.5, 0.6) is 0 Å². The fourth-order valence-corrected chi connectivity index (χ4v) is 3.60. The van der Waals surface area contributed by atoms with Crippen LogP contribution in [0.1, 0.15) is 25.5 Å². The lowest BCUT2D eigenvalue weighted by molar-refractivity contribution is -0.692. The first-order valence-electron chi connectivity index (χ1n) is 9.53. The zero-order valence-corrected chi connectivity index (χ0v) is 15.8. The highest BCUT2D eigenvalue weighted by molar-refractivity contribution is 5.77. The lowest BCUT2D eigenvalue weighted by Gasteiger charge is -2.31. The Balaban J connectivity index is 1.51. The Labute approximate surface area is 156 Å². The number of pyridine rings is 1. The number of hydrogen-bond acceptors (Lipinski definition) is 2. The van der Waals surface area contributed by atoms with Gasteiger partial charge in [-0.2, -0.15) is 0 Å². The van der Waals surface area contributed by atoms with Crippen LogP contribution in [0.3, 0.4) is 0 Å². The molecule has 5 heteroatoms. The number of benzene rings is 1. The first-order valence-corrected chi connectivity index (χ1v) is 9.53. The van der Waals surface area contributed by atoms with Crippen LogP contribution in [0.2, 0.25) is 0 Å². The number of carbonyl (C=O) groups is 1. The van der Waals surface area contributed by atoms with Crippen molar-refractivity contribution in [1.82, 2.24) is 4.90 Å². The molecule has 26 heavy (non-hydrogen) atoms. The Morgan fingerprint density at radius 2 is 1.73 bits per heavy atom. The average molecular weight is 354 g/mol. The van der Waals surface area contributed by atoms with Gasteiger partial charge in [-0.1, -0.05) is 50.2 Å². The zero-order valence-electron chi connectivity index (χ0n) is 15.8. The van der Waals surface area contributed by atoms with Crippen LogP contribution in [0.4, 0.5) is 5.82 Å². The van der Waals surface area contributed by atoms with Crippen molar-refractivity contribution < 1.29 is 15.1 Å². The summed E-state index contributed by atoms with van der Waals surface area (Å²) >= 11 is 0. The van der Waals surface area contributed by atoms with Crippen LogP contribution in [0.25, 0.3) is 0 Å². The van der Waals surface area contributed by atoms with E-state index in [1.54, 1.807) is 0 Å². The highest BCUT2D eigenvalue weighted by Crippen LogP contribution is 2.17. The maximum Gasteiger partial charge on any atom is 0.277 e. The molecule has 0 radical (unpaired) electrons. The van der Waals surface area contributed by atoms with Gasteiger partial charge >= 0.3 is 0 Å². The molecule has 0 bridgehead atoms. The molecule has 1 amide bonds. The summed E-state index contributed by atoms with van der Waals surface area (Å²) in [5.41, 5.74) is 1.29. The van der Waals surface area contributed by atoms with Crippen molar-refractivity contribution in [2.24, 2.45) is 5.92 Å². The van der Waals surface area contributed by atoms with E-state index in [-0.39, 0.29) is 5.91 Å². The summed E-state index contributed by atoms with van der Waals surface area (Å²) in [6.45, 7) is 8.26. The van der Waals surface area contributed by atoms with Crippen molar-refractivity contribution in [3.8, 4) is 0 Å². The van der Waals surface area contributed by atoms with E-state index in [1.165, 1.54) is 5.56 Å². The van der Waals surface area contributed by atoms with E-state index in [2.05, 4.69) is 59.4 Å². The average Bonchev–Trinajstić information content (AvgIpc) is 2.69. The molecule has 3 N–H and O–H groups in total. The number of amides is 1. The summed E-state index contributed by atoms with van der Waals surface area (Å²) in [7, 11) is 0. The van der Waals surface area contributed by atoms with Gasteiger partial charge in [0.1, 0.15) is 19.1 Å². The fourth-order valence-electron chi connectivity index (χ4n) is 3.60. The number of aromatic amines is 1. The fraction of sp³-hybridized carbons (Fsp3) is 0.429. The second-order valence-electron chi connectivity index (χ2n) is 7.24. The molecule has 2 aromatic rings. The van der Waals surface area contributed by atoms with Crippen LogP contribution >= 0.6 is 0 Å². The lowest BCUT2D eigenvalue weighted by Crippen LogP contribution is -2.88. The second-order valence-corrected chi connectivity index (χ2v) is 7.24. The van der Waals surface area contributed by atoms with Crippen molar-refractivity contribution in [3.05, 3.63) is 60.3 Å². The molecule has 1 saturated heterocycles. The normalized spacial score (nSPS) is 16.0. The molecule has 0 spiro atoms. The van der Waals surface area contributed by atoms with Crippen molar-refractivity contribution in [2.75, 3.05) is 37.6 Å². The number of hydrogen-bond donors (Lipinski definition) is 1. The van der Waals surface area contributed by atoms with Gasteiger partial charge in [-0.3, -0.25) is 9.69 Å². The number of H-pyrrole nitrogens is 1. The van der Waals surface area contributed by atoms with Crippen LogP contribution in [-0.2, 0) is 4.79 Å². The Bertz CT molecular complexity index is 682. The van der Waals surface area contributed by atoms with Crippen molar-refractivity contribution in [2.45, 2.75) is 19.9 Å². The molecule has 0 unspecified atom stereocenters. The number of piperazine rings is 1. The minimum atomic E-state index is 0.239. The molecule has 1 aromatic carbocycles. The zero-order chi connectivity index (χ0) is 18.4. The molecule has 0 saturated carbocycles. The second kappa shape index (κ2) is 8.81. The number of nitrogens with one attached hydrogen (secondary N) is 1. The number of nitrogens with zero attached hydrogens (tertiary/aromatic N) is 2. The third kappa shape index (κ3) is 4.61. The number of anilines is 1. The highest BCUT2D eigenvalue weighted by atomic mass is 16.2. The molecule has 1 aliphatic heterocycles. The summed E-state index contributed by atoms with van der Waals surface area (Å²) < 4.78 is 0. The van der Waals surface area contributed by atoms with E-state index >= 15 is 0 Å². The molecule has 1 aromatic heterocycles. The van der Waals surface area contributed by atoms with Crippen LogP contribution in [0, 0.1) is 5.92 Å². The van der Waals surface area contributed by atoms with Crippen LogP contribution in [-0.4, -0.2) is 43.5 Å². The monoisotopic (exact) mass is 354 g/mol. The predicted molar refractivity (Wildman–Crippen MR) is 103 cm³/mol. The van der Waals surface area contributed by atoms with Gasteiger partial charge < -0.3 is 10.2 Å². The Morgan fingerprint density at radius 1 is 1.04 bits per heavy atom. The summed E-state index contributed by atoms with van der Waals surface area (Å²) in [5.74, 6) is 1.84. The molecule has 3 rings (SSSR count). The van der Waals surface area contributed by atoms with Gasteiger partial charge in [0.2, 0.25) is 0 Å². The van der Waals surface area contributed by atoms with Crippen molar-refractivity contribution in [1.29, 1.82) is 0 Å². The summed E-state index contributed by atoms with van der Waals surface area (Å²) in [6, 6.07) is 16.9. The molecule has 2 heterocycles. The van der Waals surface area contributed by atoms with Gasteiger partial charge in [0.15, 0.2) is 6.54 Å². The highest BCUT2D eigenvalue weighted by Gasteiger charge is 2.28. The lowest BCUT2D eigenvalue weighted by atomic mass is 9.96. The largest absolute Gasteiger partial charge is 0.332 e. The van der Waals surface area contributed by atoms with Gasteiger partial charge in [0.25, 0.3) is 11.7 Å². The van der Waals surface area contributed by atoms with Crippen molar-refractivity contribution >= 4 is 11.7 Å². The summed E-state index contributed by atoms with van der Waals surface area (Å²) in [4.78, 5) is 20.2. The third-order valence-electron chi connectivity index (χ3n) is 5.11. The molecule has 1 atom stereocenters. The number of carbonyl (C=O) groups excluding carboxylic acids is 1. The third-order valence-corrected chi connectivity index (χ3v) is 5.11. The van der Waals surface area contributed by atoms with E-state index in [0.717, 1.165) is 32.0 Å².